The number of esters is 2. The number of ketones is 1. The van der Waals surface area contributed by atoms with E-state index in [4.69, 9.17) is 9.47 Å². The van der Waals surface area contributed by atoms with Gasteiger partial charge in [0.05, 0.1) is 29.3 Å². The molecule has 2 atom stereocenters. The van der Waals surface area contributed by atoms with Gasteiger partial charge in [-0.05, 0) is 55.0 Å². The van der Waals surface area contributed by atoms with Gasteiger partial charge in [-0.15, -0.1) is 0 Å². The minimum atomic E-state index is -1.07. The van der Waals surface area contributed by atoms with Crippen molar-refractivity contribution < 1.29 is 49.1 Å². The summed E-state index contributed by atoms with van der Waals surface area (Å²) in [6.07, 6.45) is 0.559. The molecule has 0 unspecified atom stereocenters. The van der Waals surface area contributed by atoms with Crippen molar-refractivity contribution in [2.24, 2.45) is 0 Å². The molecule has 3 aromatic carbocycles. The number of rotatable bonds is 10. The topological polar surface area (TPSA) is 192 Å². The number of amides is 1. The zero-order chi connectivity index (χ0) is 30.4. The fraction of sp³-hybridized carbons (Fsp3) is 0.267. The molecule has 1 fully saturated rings. The van der Waals surface area contributed by atoms with Crippen LogP contribution in [0.15, 0.2) is 54.6 Å². The van der Waals surface area contributed by atoms with Crippen LogP contribution in [0, 0.1) is 0 Å². The molecular formula is C30H30N2O10. The van der Waals surface area contributed by atoms with Crippen molar-refractivity contribution in [2.75, 3.05) is 19.7 Å². The number of aromatic hydroxyl groups is 4. The van der Waals surface area contributed by atoms with E-state index in [1.165, 1.54) is 42.5 Å². The highest BCUT2D eigenvalue weighted by atomic mass is 16.5. The Hall–Kier alpha value is -5.10. The van der Waals surface area contributed by atoms with Gasteiger partial charge in [0.1, 0.15) is 34.7 Å². The van der Waals surface area contributed by atoms with Crippen molar-refractivity contribution in [1.82, 2.24) is 10.6 Å². The molecule has 1 heterocycles. The van der Waals surface area contributed by atoms with Crippen molar-refractivity contribution in [3.8, 4) is 23.0 Å². The summed E-state index contributed by atoms with van der Waals surface area (Å²) >= 11 is 0. The summed E-state index contributed by atoms with van der Waals surface area (Å²) in [6, 6.07) is 10.6. The Morgan fingerprint density at radius 2 is 1.55 bits per heavy atom. The van der Waals surface area contributed by atoms with Crippen molar-refractivity contribution in [3.63, 3.8) is 0 Å². The van der Waals surface area contributed by atoms with Crippen molar-refractivity contribution in [2.45, 2.75) is 31.9 Å². The molecule has 42 heavy (non-hydrogen) atoms. The van der Waals surface area contributed by atoms with Gasteiger partial charge in [0.15, 0.2) is 0 Å². The van der Waals surface area contributed by atoms with E-state index in [9.17, 15) is 39.6 Å². The molecule has 4 rings (SSSR count). The van der Waals surface area contributed by atoms with Crippen LogP contribution in [0.1, 0.15) is 66.8 Å². The highest BCUT2D eigenvalue weighted by molar-refractivity contribution is 6.18. The number of hydrogen-bond acceptors (Lipinski definition) is 11. The molecule has 0 radical (unpaired) electrons. The normalized spacial score (nSPS) is 16.0. The second kappa shape index (κ2) is 13.0. The van der Waals surface area contributed by atoms with E-state index in [1.807, 2.05) is 6.92 Å². The van der Waals surface area contributed by atoms with Crippen LogP contribution in [0.2, 0.25) is 0 Å². The lowest BCUT2D eigenvalue weighted by molar-refractivity contribution is 0.0282. The molecule has 220 valence electrons. The summed E-state index contributed by atoms with van der Waals surface area (Å²) in [6.45, 7) is 2.52. The van der Waals surface area contributed by atoms with Crippen LogP contribution >= 0.6 is 0 Å². The highest BCUT2D eigenvalue weighted by Crippen LogP contribution is 2.35. The first kappa shape index (κ1) is 29.9. The average Bonchev–Trinajstić information content (AvgIpc) is 3.38. The van der Waals surface area contributed by atoms with E-state index in [0.717, 1.165) is 18.6 Å². The maximum Gasteiger partial charge on any atom is 0.339 e. The van der Waals surface area contributed by atoms with Gasteiger partial charge >= 0.3 is 11.9 Å². The molecule has 0 aliphatic carbocycles. The first-order valence-electron chi connectivity index (χ1n) is 13.2. The number of ether oxygens (including phenoxy) is 2. The molecule has 0 aromatic heterocycles. The summed E-state index contributed by atoms with van der Waals surface area (Å²) in [5.41, 5.74) is -1.37. The van der Waals surface area contributed by atoms with Crippen LogP contribution in [-0.2, 0) is 9.47 Å². The lowest BCUT2D eigenvalue weighted by Gasteiger charge is -2.21. The third kappa shape index (κ3) is 6.61. The Bertz CT molecular complexity index is 1480. The molecule has 1 amide bonds. The van der Waals surface area contributed by atoms with E-state index in [2.05, 4.69) is 10.6 Å². The van der Waals surface area contributed by atoms with Gasteiger partial charge in [0.2, 0.25) is 5.78 Å². The summed E-state index contributed by atoms with van der Waals surface area (Å²) in [5, 5.41) is 46.9. The zero-order valence-corrected chi connectivity index (χ0v) is 22.6. The summed E-state index contributed by atoms with van der Waals surface area (Å²) in [5.74, 6) is -5.46. The van der Waals surface area contributed by atoms with Crippen LogP contribution in [-0.4, -0.2) is 75.9 Å². The average molecular weight is 579 g/mol. The molecule has 0 spiro atoms. The van der Waals surface area contributed by atoms with E-state index in [0.29, 0.717) is 18.5 Å². The fourth-order valence-corrected chi connectivity index (χ4v) is 4.42. The molecule has 12 heteroatoms. The quantitative estimate of drug-likeness (QED) is 0.118. The van der Waals surface area contributed by atoms with E-state index in [1.54, 1.807) is 0 Å². The predicted molar refractivity (Wildman–Crippen MR) is 148 cm³/mol. The Labute approximate surface area is 240 Å². The van der Waals surface area contributed by atoms with Gasteiger partial charge in [-0.2, -0.15) is 0 Å². The summed E-state index contributed by atoms with van der Waals surface area (Å²) < 4.78 is 10.7. The number of nitrogens with one attached hydrogen (secondary N) is 2. The molecule has 12 nitrogen and oxygen atoms in total. The van der Waals surface area contributed by atoms with Gasteiger partial charge in [-0.1, -0.05) is 19.4 Å². The third-order valence-electron chi connectivity index (χ3n) is 6.64. The standard InChI is InChI=1S/C30H30N2O10/c1-2-3-11-41-30(40)19-5-4-6-21(34)25(19)27(37)26-22(35)12-17(13-23(26)36)29(39)42-24-15-31-14-20(24)32-28(38)16-7-9-18(33)10-8-16/h4-10,12-13,20,24,31,33-36H,2-3,11,14-15H2,1H3,(H,32,38)/t20-,24-/m1/s1. The van der Waals surface area contributed by atoms with Gasteiger partial charge < -0.3 is 40.5 Å². The number of unbranched alkanes of at least 4 members (excludes halogenated alkanes) is 1. The second-order valence-electron chi connectivity index (χ2n) is 9.64. The number of benzene rings is 3. The Kier molecular flexibility index (Phi) is 9.28. The number of carbonyl (C=O) groups excluding carboxylic acids is 4. The van der Waals surface area contributed by atoms with Gasteiger partial charge in [0.25, 0.3) is 5.91 Å². The van der Waals surface area contributed by atoms with Crippen LogP contribution in [0.25, 0.3) is 0 Å². The Morgan fingerprint density at radius 1 is 0.857 bits per heavy atom. The maximum atomic E-state index is 13.3. The summed E-state index contributed by atoms with van der Waals surface area (Å²) in [4.78, 5) is 51.4. The Balaban J connectivity index is 1.51. The largest absolute Gasteiger partial charge is 0.508 e. The van der Waals surface area contributed by atoms with Crippen molar-refractivity contribution in [1.29, 1.82) is 0 Å². The van der Waals surface area contributed by atoms with Crippen molar-refractivity contribution in [3.05, 3.63) is 82.4 Å². The van der Waals surface area contributed by atoms with Crippen molar-refractivity contribution >= 4 is 23.6 Å². The van der Waals surface area contributed by atoms with Gasteiger partial charge in [-0.25, -0.2) is 9.59 Å². The number of carbonyl (C=O) groups is 4. The van der Waals surface area contributed by atoms with E-state index >= 15 is 0 Å². The minimum Gasteiger partial charge on any atom is -0.508 e. The zero-order valence-electron chi connectivity index (χ0n) is 22.6. The monoisotopic (exact) mass is 578 g/mol. The lowest BCUT2D eigenvalue weighted by Crippen LogP contribution is -2.44. The maximum absolute atomic E-state index is 13.3. The fourth-order valence-electron chi connectivity index (χ4n) is 4.42. The predicted octanol–water partition coefficient (Wildman–Crippen LogP) is 2.62. The lowest BCUT2D eigenvalue weighted by atomic mass is 9.95. The van der Waals surface area contributed by atoms with Crippen LogP contribution in [0.4, 0.5) is 0 Å². The minimum absolute atomic E-state index is 0.00559. The number of phenolic OH excluding ortho intramolecular Hbond substituents is 4. The van der Waals surface area contributed by atoms with E-state index < -0.39 is 64.2 Å². The SMILES string of the molecule is CCCCOC(=O)c1cccc(O)c1C(=O)c1c(O)cc(C(=O)O[C@@H]2CNC[C@H]2NC(=O)c2ccc(O)cc2)cc1O. The number of hydrogen-bond donors (Lipinski definition) is 6. The molecule has 3 aromatic rings. The van der Waals surface area contributed by atoms with Crippen LogP contribution < -0.4 is 10.6 Å². The Morgan fingerprint density at radius 3 is 2.21 bits per heavy atom. The van der Waals surface area contributed by atoms with Crippen LogP contribution in [0.3, 0.4) is 0 Å². The smallest absolute Gasteiger partial charge is 0.339 e. The third-order valence-corrected chi connectivity index (χ3v) is 6.64. The highest BCUT2D eigenvalue weighted by Gasteiger charge is 2.33. The molecule has 1 aliphatic rings. The molecular weight excluding hydrogens is 548 g/mol. The van der Waals surface area contributed by atoms with Gasteiger partial charge in [-0.3, -0.25) is 9.59 Å². The number of phenols is 4. The summed E-state index contributed by atoms with van der Waals surface area (Å²) in [7, 11) is 0. The van der Waals surface area contributed by atoms with Crippen LogP contribution in [0.5, 0.6) is 23.0 Å². The molecule has 0 saturated carbocycles. The molecule has 6 N–H and O–H groups in total. The first-order chi connectivity index (χ1) is 20.1. The second-order valence-corrected chi connectivity index (χ2v) is 9.64. The molecule has 1 aliphatic heterocycles. The molecule has 0 bridgehead atoms. The molecule has 1 saturated heterocycles. The van der Waals surface area contributed by atoms with Gasteiger partial charge in [0, 0.05) is 18.7 Å². The van der Waals surface area contributed by atoms with E-state index in [-0.39, 0.29) is 30.0 Å². The first-order valence-corrected chi connectivity index (χ1v) is 13.2.